The Kier molecular flexibility index (Phi) is 3.40. The Morgan fingerprint density at radius 2 is 1.94 bits per heavy atom. The van der Waals surface area contributed by atoms with Crippen molar-refractivity contribution in [1.29, 1.82) is 0 Å². The van der Waals surface area contributed by atoms with Crippen LogP contribution in [0.5, 0.6) is 0 Å². The van der Waals surface area contributed by atoms with Gasteiger partial charge in [-0.15, -0.1) is 0 Å². The highest BCUT2D eigenvalue weighted by Crippen LogP contribution is 2.36. The zero-order chi connectivity index (χ0) is 11.7. The van der Waals surface area contributed by atoms with Crippen molar-refractivity contribution in [3.8, 4) is 11.3 Å². The molecule has 0 saturated heterocycles. The van der Waals surface area contributed by atoms with Crippen molar-refractivity contribution in [2.75, 3.05) is 0 Å². The van der Waals surface area contributed by atoms with Crippen LogP contribution in [0.25, 0.3) is 11.3 Å². The van der Waals surface area contributed by atoms with E-state index in [1.54, 1.807) is 18.2 Å². The predicted molar refractivity (Wildman–Crippen MR) is 64.9 cm³/mol. The molecule has 2 aromatic rings. The van der Waals surface area contributed by atoms with E-state index in [0.717, 1.165) is 0 Å². The lowest BCUT2D eigenvalue weighted by atomic mass is 10.1. The summed E-state index contributed by atoms with van der Waals surface area (Å²) in [4.78, 5) is 0. The molecule has 1 aromatic heterocycles. The van der Waals surface area contributed by atoms with Crippen molar-refractivity contribution in [3.05, 3.63) is 39.0 Å². The predicted octanol–water partition coefficient (Wildman–Crippen LogP) is 3.76. The third-order valence-electron chi connectivity index (χ3n) is 2.03. The molecule has 0 bridgehead atoms. The molecule has 0 saturated carbocycles. The molecule has 1 aromatic carbocycles. The maximum atomic E-state index is 6.05. The van der Waals surface area contributed by atoms with Gasteiger partial charge in [0.25, 0.3) is 0 Å². The van der Waals surface area contributed by atoms with Crippen molar-refractivity contribution in [3.63, 3.8) is 0 Å². The summed E-state index contributed by atoms with van der Waals surface area (Å²) in [5.74, 6) is 0.571. The van der Waals surface area contributed by atoms with Gasteiger partial charge in [0, 0.05) is 16.7 Å². The number of rotatable bonds is 2. The number of hydrogen-bond donors (Lipinski definition) is 1. The smallest absolute Gasteiger partial charge is 0.150 e. The van der Waals surface area contributed by atoms with Gasteiger partial charge in [0.2, 0.25) is 0 Å². The average molecular weight is 278 g/mol. The molecule has 6 heteroatoms. The van der Waals surface area contributed by atoms with Gasteiger partial charge in [-0.1, -0.05) is 40.0 Å². The molecule has 0 aliphatic rings. The number of hydrogen-bond acceptors (Lipinski definition) is 3. The van der Waals surface area contributed by atoms with Crippen LogP contribution in [0.3, 0.4) is 0 Å². The first kappa shape index (κ1) is 11.7. The largest absolute Gasteiger partial charge is 0.359 e. The molecule has 2 N–H and O–H groups in total. The van der Waals surface area contributed by atoms with Crippen molar-refractivity contribution in [2.24, 2.45) is 5.73 Å². The van der Waals surface area contributed by atoms with Crippen LogP contribution >= 0.6 is 34.8 Å². The maximum Gasteiger partial charge on any atom is 0.150 e. The molecule has 0 aliphatic heterocycles. The van der Waals surface area contributed by atoms with E-state index in [4.69, 9.17) is 45.1 Å². The third-order valence-corrected chi connectivity index (χ3v) is 3.05. The highest BCUT2D eigenvalue weighted by molar-refractivity contribution is 6.45. The van der Waals surface area contributed by atoms with Crippen LogP contribution in [0.4, 0.5) is 0 Å². The Labute approximate surface area is 107 Å². The second kappa shape index (κ2) is 4.63. The third kappa shape index (κ3) is 2.18. The topological polar surface area (TPSA) is 52.0 Å². The Morgan fingerprint density at radius 1 is 1.19 bits per heavy atom. The molecular weight excluding hydrogens is 270 g/mol. The first-order valence-electron chi connectivity index (χ1n) is 4.42. The summed E-state index contributed by atoms with van der Waals surface area (Å²) in [6, 6.07) is 4.95. The van der Waals surface area contributed by atoms with E-state index >= 15 is 0 Å². The fourth-order valence-electron chi connectivity index (χ4n) is 1.28. The Balaban J connectivity index is 2.54. The van der Waals surface area contributed by atoms with Crippen LogP contribution in [-0.2, 0) is 6.54 Å². The molecule has 0 aliphatic carbocycles. The molecule has 16 heavy (non-hydrogen) atoms. The minimum atomic E-state index is 0.277. The zero-order valence-electron chi connectivity index (χ0n) is 8.01. The zero-order valence-corrected chi connectivity index (χ0v) is 10.3. The van der Waals surface area contributed by atoms with Crippen molar-refractivity contribution >= 4 is 34.8 Å². The first-order valence-corrected chi connectivity index (χ1v) is 5.55. The van der Waals surface area contributed by atoms with E-state index in [2.05, 4.69) is 5.16 Å². The number of halogens is 3. The normalized spacial score (nSPS) is 10.8. The molecule has 3 nitrogen and oxygen atoms in total. The van der Waals surface area contributed by atoms with Gasteiger partial charge in [-0.05, 0) is 12.1 Å². The summed E-state index contributed by atoms with van der Waals surface area (Å²) in [5.41, 5.74) is 6.61. The van der Waals surface area contributed by atoms with Crippen molar-refractivity contribution < 1.29 is 4.52 Å². The lowest BCUT2D eigenvalue weighted by molar-refractivity contribution is 0.387. The molecule has 0 fully saturated rings. The molecule has 0 unspecified atom stereocenters. The Hall–Kier alpha value is -0.740. The summed E-state index contributed by atoms with van der Waals surface area (Å²) in [5, 5.41) is 5.10. The molecule has 1 heterocycles. The Morgan fingerprint density at radius 3 is 2.56 bits per heavy atom. The van der Waals surface area contributed by atoms with E-state index in [-0.39, 0.29) is 6.54 Å². The van der Waals surface area contributed by atoms with Crippen molar-refractivity contribution in [2.45, 2.75) is 6.54 Å². The number of aromatic nitrogens is 1. The highest BCUT2D eigenvalue weighted by Gasteiger charge is 2.13. The standard InChI is InChI=1S/C10H7Cl3N2O/c11-5-1-7(10(13)8(12)2-5)9-3-6(4-14)16-15-9/h1-3H,4,14H2. The van der Waals surface area contributed by atoms with Crippen LogP contribution in [0.1, 0.15) is 5.76 Å². The van der Waals surface area contributed by atoms with Gasteiger partial charge in [0.1, 0.15) is 5.69 Å². The van der Waals surface area contributed by atoms with Gasteiger partial charge in [-0.3, -0.25) is 0 Å². The SMILES string of the molecule is NCc1cc(-c2cc(Cl)cc(Cl)c2Cl)no1. The molecule has 0 atom stereocenters. The summed E-state index contributed by atoms with van der Waals surface area (Å²) in [7, 11) is 0. The quantitative estimate of drug-likeness (QED) is 0.850. The highest BCUT2D eigenvalue weighted by atomic mass is 35.5. The van der Waals surface area contributed by atoms with Crippen molar-refractivity contribution in [1.82, 2.24) is 5.16 Å². The lowest BCUT2D eigenvalue weighted by Crippen LogP contribution is -1.92. The molecule has 84 valence electrons. The Bertz CT molecular complexity index is 525. The van der Waals surface area contributed by atoms with E-state index in [1.165, 1.54) is 0 Å². The molecule has 2 rings (SSSR count). The van der Waals surface area contributed by atoms with Gasteiger partial charge in [-0.2, -0.15) is 0 Å². The fraction of sp³-hybridized carbons (Fsp3) is 0.100. The number of nitrogens with zero attached hydrogens (tertiary/aromatic N) is 1. The minimum Gasteiger partial charge on any atom is -0.359 e. The van der Waals surface area contributed by atoms with Gasteiger partial charge >= 0.3 is 0 Å². The first-order chi connectivity index (χ1) is 7.61. The van der Waals surface area contributed by atoms with Crippen LogP contribution < -0.4 is 5.73 Å². The lowest BCUT2D eigenvalue weighted by Gasteiger charge is -2.02. The summed E-state index contributed by atoms with van der Waals surface area (Å²) >= 11 is 17.8. The van der Waals surface area contributed by atoms with E-state index in [9.17, 15) is 0 Å². The van der Waals surface area contributed by atoms with Gasteiger partial charge in [0.15, 0.2) is 5.76 Å². The molecular formula is C10H7Cl3N2O. The van der Waals surface area contributed by atoms with Crippen LogP contribution in [0.15, 0.2) is 22.7 Å². The maximum absolute atomic E-state index is 6.05. The second-order valence-corrected chi connectivity index (χ2v) is 4.35. The van der Waals surface area contributed by atoms with E-state index in [0.29, 0.717) is 32.1 Å². The van der Waals surface area contributed by atoms with Gasteiger partial charge in [0.05, 0.1) is 16.6 Å². The van der Waals surface area contributed by atoms with Crippen LogP contribution in [0.2, 0.25) is 15.1 Å². The molecule has 0 radical (unpaired) electrons. The summed E-state index contributed by atoms with van der Waals surface area (Å²) in [6.07, 6.45) is 0. The molecule has 0 amide bonds. The van der Waals surface area contributed by atoms with Gasteiger partial charge < -0.3 is 10.3 Å². The minimum absolute atomic E-state index is 0.277. The summed E-state index contributed by atoms with van der Waals surface area (Å²) in [6.45, 7) is 0.277. The van der Waals surface area contributed by atoms with Gasteiger partial charge in [-0.25, -0.2) is 0 Å². The monoisotopic (exact) mass is 276 g/mol. The number of benzene rings is 1. The van der Waals surface area contributed by atoms with E-state index < -0.39 is 0 Å². The molecule has 0 spiro atoms. The summed E-state index contributed by atoms with van der Waals surface area (Å²) < 4.78 is 4.98. The van der Waals surface area contributed by atoms with Crippen LogP contribution in [0, 0.1) is 0 Å². The second-order valence-electron chi connectivity index (χ2n) is 3.13. The van der Waals surface area contributed by atoms with Crippen LogP contribution in [-0.4, -0.2) is 5.16 Å². The van der Waals surface area contributed by atoms with E-state index in [1.807, 2.05) is 0 Å². The number of nitrogens with two attached hydrogens (primary N) is 1. The fourth-order valence-corrected chi connectivity index (χ4v) is 1.98. The average Bonchev–Trinajstić information content (AvgIpc) is 2.71.